The molecule has 0 spiro atoms. The van der Waals surface area contributed by atoms with Gasteiger partial charge in [-0.25, -0.2) is 0 Å². The molecule has 2 aromatic carbocycles. The van der Waals surface area contributed by atoms with E-state index >= 15 is 0 Å². The Kier molecular flexibility index (Phi) is 3.94. The minimum absolute atomic E-state index is 0.117. The summed E-state index contributed by atoms with van der Waals surface area (Å²) in [5.41, 5.74) is 2.27. The molecule has 0 amide bonds. The second kappa shape index (κ2) is 5.65. The molecule has 2 heteroatoms. The molecular formula is C15H13ClO. The number of hydrogen-bond acceptors (Lipinski definition) is 1. The summed E-state index contributed by atoms with van der Waals surface area (Å²) in [5.74, 6) is 0.117. The fraction of sp³-hybridized carbons (Fsp3) is 0.133. The van der Waals surface area contributed by atoms with Gasteiger partial charge in [0.15, 0.2) is 0 Å². The number of halogens is 1. The van der Waals surface area contributed by atoms with Crippen LogP contribution in [0.4, 0.5) is 0 Å². The third-order valence-electron chi connectivity index (χ3n) is 2.81. The molecule has 2 rings (SSSR count). The van der Waals surface area contributed by atoms with Gasteiger partial charge in [0.1, 0.15) is 6.29 Å². The quantitative estimate of drug-likeness (QED) is 0.742. The summed E-state index contributed by atoms with van der Waals surface area (Å²) in [5, 5.41) is 0.715. The van der Waals surface area contributed by atoms with Crippen LogP contribution in [0.15, 0.2) is 54.6 Å². The van der Waals surface area contributed by atoms with Crippen LogP contribution in [0.3, 0.4) is 0 Å². The summed E-state index contributed by atoms with van der Waals surface area (Å²) in [6.45, 7) is 0. The lowest BCUT2D eigenvalue weighted by atomic mass is 9.89. The first-order valence-electron chi connectivity index (χ1n) is 5.55. The van der Waals surface area contributed by atoms with Crippen LogP contribution in [0.2, 0.25) is 5.02 Å². The molecule has 0 aliphatic carbocycles. The van der Waals surface area contributed by atoms with Crippen molar-refractivity contribution in [2.24, 2.45) is 0 Å². The van der Waals surface area contributed by atoms with Crippen LogP contribution >= 0.6 is 11.6 Å². The normalized spacial score (nSPS) is 12.1. The van der Waals surface area contributed by atoms with Gasteiger partial charge in [-0.1, -0.05) is 54.1 Å². The summed E-state index contributed by atoms with van der Waals surface area (Å²) in [6, 6.07) is 17.7. The first-order chi connectivity index (χ1) is 8.31. The third-order valence-corrected chi connectivity index (χ3v) is 3.06. The number of rotatable bonds is 4. The van der Waals surface area contributed by atoms with Gasteiger partial charge >= 0.3 is 0 Å². The molecule has 0 heterocycles. The molecule has 0 radical (unpaired) electrons. The Morgan fingerprint density at radius 2 is 1.53 bits per heavy atom. The van der Waals surface area contributed by atoms with E-state index in [2.05, 4.69) is 0 Å². The largest absolute Gasteiger partial charge is 0.303 e. The highest BCUT2D eigenvalue weighted by Gasteiger charge is 2.12. The molecule has 0 N–H and O–H groups in total. The first kappa shape index (κ1) is 11.9. The Balaban J connectivity index is 2.35. The maximum atomic E-state index is 10.8. The van der Waals surface area contributed by atoms with E-state index in [0.717, 1.165) is 17.4 Å². The highest BCUT2D eigenvalue weighted by Crippen LogP contribution is 2.27. The average Bonchev–Trinajstić information content (AvgIpc) is 2.38. The predicted octanol–water partition coefficient (Wildman–Crippen LogP) is 4.06. The molecule has 0 unspecified atom stereocenters. The highest BCUT2D eigenvalue weighted by atomic mass is 35.5. The maximum Gasteiger partial charge on any atom is 0.120 e. The lowest BCUT2D eigenvalue weighted by molar-refractivity contribution is -0.108. The molecule has 0 saturated carbocycles. The van der Waals surface area contributed by atoms with Crippen LogP contribution in [-0.2, 0) is 4.79 Å². The van der Waals surface area contributed by atoms with Gasteiger partial charge in [0.25, 0.3) is 0 Å². The molecule has 17 heavy (non-hydrogen) atoms. The molecule has 0 aliphatic rings. The Hall–Kier alpha value is -1.60. The number of benzene rings is 2. The van der Waals surface area contributed by atoms with E-state index in [0.29, 0.717) is 11.4 Å². The number of hydrogen-bond donors (Lipinski definition) is 0. The number of carbonyl (C=O) groups excluding carboxylic acids is 1. The summed E-state index contributed by atoms with van der Waals surface area (Å²) in [6.07, 6.45) is 1.46. The average molecular weight is 245 g/mol. The van der Waals surface area contributed by atoms with E-state index in [1.807, 2.05) is 54.6 Å². The lowest BCUT2D eigenvalue weighted by Gasteiger charge is -2.15. The Bertz CT molecular complexity index is 476. The monoisotopic (exact) mass is 244 g/mol. The van der Waals surface area contributed by atoms with Crippen molar-refractivity contribution < 1.29 is 4.79 Å². The zero-order chi connectivity index (χ0) is 12.1. The summed E-state index contributed by atoms with van der Waals surface area (Å²) in [4.78, 5) is 10.8. The molecule has 0 bridgehead atoms. The van der Waals surface area contributed by atoms with Crippen molar-refractivity contribution in [2.75, 3.05) is 0 Å². The van der Waals surface area contributed by atoms with E-state index in [-0.39, 0.29) is 5.92 Å². The van der Waals surface area contributed by atoms with Crippen molar-refractivity contribution in [3.8, 4) is 0 Å². The van der Waals surface area contributed by atoms with Crippen LogP contribution in [0.1, 0.15) is 23.5 Å². The van der Waals surface area contributed by atoms with Crippen LogP contribution in [0, 0.1) is 0 Å². The fourth-order valence-electron chi connectivity index (χ4n) is 1.94. The second-order valence-corrected chi connectivity index (χ2v) is 4.35. The van der Waals surface area contributed by atoms with Gasteiger partial charge < -0.3 is 4.79 Å². The summed E-state index contributed by atoms with van der Waals surface area (Å²) < 4.78 is 0. The SMILES string of the molecule is O=CC[C@H](c1ccccc1)c1ccc(Cl)cc1. The molecule has 2 aromatic rings. The molecule has 86 valence electrons. The van der Waals surface area contributed by atoms with Gasteiger partial charge in [-0.15, -0.1) is 0 Å². The maximum absolute atomic E-state index is 10.8. The zero-order valence-corrected chi connectivity index (χ0v) is 10.1. The van der Waals surface area contributed by atoms with E-state index in [1.54, 1.807) is 0 Å². The predicted molar refractivity (Wildman–Crippen MR) is 70.4 cm³/mol. The lowest BCUT2D eigenvalue weighted by Crippen LogP contribution is -2.01. The Labute approximate surface area is 106 Å². The van der Waals surface area contributed by atoms with Crippen molar-refractivity contribution in [1.82, 2.24) is 0 Å². The van der Waals surface area contributed by atoms with Crippen LogP contribution in [-0.4, -0.2) is 6.29 Å². The van der Waals surface area contributed by atoms with Gasteiger partial charge in [0.05, 0.1) is 0 Å². The minimum Gasteiger partial charge on any atom is -0.303 e. The smallest absolute Gasteiger partial charge is 0.120 e. The minimum atomic E-state index is 0.117. The van der Waals surface area contributed by atoms with Crippen LogP contribution in [0.25, 0.3) is 0 Å². The Morgan fingerprint density at radius 1 is 0.941 bits per heavy atom. The zero-order valence-electron chi connectivity index (χ0n) is 9.34. The van der Waals surface area contributed by atoms with Gasteiger partial charge in [-0.05, 0) is 23.3 Å². The van der Waals surface area contributed by atoms with Gasteiger partial charge in [0, 0.05) is 17.4 Å². The first-order valence-corrected chi connectivity index (χ1v) is 5.93. The Morgan fingerprint density at radius 3 is 2.12 bits per heavy atom. The van der Waals surface area contributed by atoms with E-state index in [4.69, 9.17) is 11.6 Å². The molecular weight excluding hydrogens is 232 g/mol. The molecule has 0 fully saturated rings. The van der Waals surface area contributed by atoms with Gasteiger partial charge in [0.2, 0.25) is 0 Å². The van der Waals surface area contributed by atoms with Gasteiger partial charge in [-0.2, -0.15) is 0 Å². The third kappa shape index (κ3) is 2.95. The van der Waals surface area contributed by atoms with Crippen LogP contribution < -0.4 is 0 Å². The van der Waals surface area contributed by atoms with Gasteiger partial charge in [-0.3, -0.25) is 0 Å². The molecule has 1 nitrogen and oxygen atoms in total. The second-order valence-electron chi connectivity index (χ2n) is 3.92. The fourth-order valence-corrected chi connectivity index (χ4v) is 2.07. The molecule has 0 aliphatic heterocycles. The van der Waals surface area contributed by atoms with Crippen molar-refractivity contribution in [1.29, 1.82) is 0 Å². The summed E-state index contributed by atoms with van der Waals surface area (Å²) in [7, 11) is 0. The molecule has 0 aromatic heterocycles. The van der Waals surface area contributed by atoms with E-state index in [9.17, 15) is 4.79 Å². The van der Waals surface area contributed by atoms with Crippen molar-refractivity contribution in [3.05, 3.63) is 70.7 Å². The topological polar surface area (TPSA) is 17.1 Å². The molecule has 0 saturated heterocycles. The van der Waals surface area contributed by atoms with Crippen molar-refractivity contribution >= 4 is 17.9 Å². The molecule has 1 atom stereocenters. The highest BCUT2D eigenvalue weighted by molar-refractivity contribution is 6.30. The standard InChI is InChI=1S/C15H13ClO/c16-14-8-6-13(7-9-14)15(10-11-17)12-4-2-1-3-5-12/h1-9,11,15H,10H2/t15-/m1/s1. The summed E-state index contributed by atoms with van der Waals surface area (Å²) >= 11 is 5.87. The van der Waals surface area contributed by atoms with E-state index < -0.39 is 0 Å². The number of aldehydes is 1. The van der Waals surface area contributed by atoms with Crippen molar-refractivity contribution in [3.63, 3.8) is 0 Å². The number of carbonyl (C=O) groups is 1. The van der Waals surface area contributed by atoms with Crippen molar-refractivity contribution in [2.45, 2.75) is 12.3 Å². The van der Waals surface area contributed by atoms with Crippen LogP contribution in [0.5, 0.6) is 0 Å². The van der Waals surface area contributed by atoms with E-state index in [1.165, 1.54) is 0 Å².